The van der Waals surface area contributed by atoms with E-state index in [1.54, 1.807) is 20.1 Å². The molecule has 1 aromatic rings. The zero-order chi connectivity index (χ0) is 15.6. The van der Waals surface area contributed by atoms with Gasteiger partial charge >= 0.3 is 0 Å². The van der Waals surface area contributed by atoms with Crippen molar-refractivity contribution in [3.05, 3.63) is 28.8 Å². The molecule has 5 nitrogen and oxygen atoms in total. The number of nitrogens with one attached hydrogen (secondary N) is 1. The van der Waals surface area contributed by atoms with Crippen LogP contribution in [-0.2, 0) is 21.4 Å². The second-order valence-electron chi connectivity index (χ2n) is 5.63. The van der Waals surface area contributed by atoms with Crippen molar-refractivity contribution >= 4 is 10.0 Å². The second-order valence-corrected chi connectivity index (χ2v) is 7.31. The Balaban J connectivity index is 2.33. The summed E-state index contributed by atoms with van der Waals surface area (Å²) in [6.07, 6.45) is 2.55. The SMILES string of the molecule is COC1CCCC1NS(=O)(=O)c1cc(CO)cc(C)c1C. The number of rotatable bonds is 5. The fourth-order valence-corrected chi connectivity index (χ4v) is 4.54. The molecule has 0 spiro atoms. The van der Waals surface area contributed by atoms with Crippen LogP contribution in [0.15, 0.2) is 17.0 Å². The van der Waals surface area contributed by atoms with Crippen LogP contribution < -0.4 is 4.72 Å². The van der Waals surface area contributed by atoms with Gasteiger partial charge in [-0.05, 0) is 55.9 Å². The van der Waals surface area contributed by atoms with Crippen LogP contribution in [0.4, 0.5) is 0 Å². The fraction of sp³-hybridized carbons (Fsp3) is 0.600. The highest BCUT2D eigenvalue weighted by molar-refractivity contribution is 7.89. The smallest absolute Gasteiger partial charge is 0.241 e. The first-order valence-electron chi connectivity index (χ1n) is 7.15. The lowest BCUT2D eigenvalue weighted by Crippen LogP contribution is -2.40. The normalized spacial score (nSPS) is 22.7. The second kappa shape index (κ2) is 6.44. The molecular weight excluding hydrogens is 290 g/mol. The average Bonchev–Trinajstić information content (AvgIpc) is 2.87. The third-order valence-corrected chi connectivity index (χ3v) is 5.83. The summed E-state index contributed by atoms with van der Waals surface area (Å²) in [6.45, 7) is 3.46. The van der Waals surface area contributed by atoms with E-state index in [4.69, 9.17) is 4.74 Å². The predicted molar refractivity (Wildman–Crippen MR) is 80.6 cm³/mol. The van der Waals surface area contributed by atoms with E-state index in [1.165, 1.54) is 0 Å². The van der Waals surface area contributed by atoms with E-state index in [2.05, 4.69) is 4.72 Å². The lowest BCUT2D eigenvalue weighted by Gasteiger charge is -2.21. The highest BCUT2D eigenvalue weighted by Crippen LogP contribution is 2.26. The summed E-state index contributed by atoms with van der Waals surface area (Å²) in [5.74, 6) is 0. The average molecular weight is 313 g/mol. The van der Waals surface area contributed by atoms with Crippen LogP contribution in [0.2, 0.25) is 0 Å². The molecule has 2 unspecified atom stereocenters. The maximum atomic E-state index is 12.6. The summed E-state index contributed by atoms with van der Waals surface area (Å²) < 4.78 is 33.4. The van der Waals surface area contributed by atoms with Gasteiger partial charge < -0.3 is 9.84 Å². The van der Waals surface area contributed by atoms with Gasteiger partial charge in [-0.1, -0.05) is 6.07 Å². The lowest BCUT2D eigenvalue weighted by molar-refractivity contribution is 0.0916. The summed E-state index contributed by atoms with van der Waals surface area (Å²) in [5, 5.41) is 9.27. The van der Waals surface area contributed by atoms with Gasteiger partial charge in [-0.3, -0.25) is 0 Å². The Morgan fingerprint density at radius 2 is 2.05 bits per heavy atom. The molecule has 2 N–H and O–H groups in total. The van der Waals surface area contributed by atoms with Crippen LogP contribution in [0.5, 0.6) is 0 Å². The van der Waals surface area contributed by atoms with Crippen molar-refractivity contribution in [2.24, 2.45) is 0 Å². The molecule has 0 radical (unpaired) electrons. The maximum absolute atomic E-state index is 12.6. The van der Waals surface area contributed by atoms with Crippen LogP contribution in [0.3, 0.4) is 0 Å². The van der Waals surface area contributed by atoms with Crippen LogP contribution >= 0.6 is 0 Å². The highest BCUT2D eigenvalue weighted by atomic mass is 32.2. The standard InChI is InChI=1S/C15H23NO4S/c1-10-7-12(9-17)8-15(11(10)2)21(18,19)16-13-5-4-6-14(13)20-3/h7-8,13-14,16-17H,4-6,9H2,1-3H3. The van der Waals surface area contributed by atoms with Gasteiger partial charge in [0, 0.05) is 13.2 Å². The van der Waals surface area contributed by atoms with Crippen molar-refractivity contribution < 1.29 is 18.3 Å². The molecule has 2 atom stereocenters. The largest absolute Gasteiger partial charge is 0.392 e. The predicted octanol–water partition coefficient (Wildman–Crippen LogP) is 1.64. The number of sulfonamides is 1. The van der Waals surface area contributed by atoms with Gasteiger partial charge in [0.05, 0.1) is 17.6 Å². The van der Waals surface area contributed by atoms with Crippen molar-refractivity contribution in [3.63, 3.8) is 0 Å². The quantitative estimate of drug-likeness (QED) is 0.866. The Hall–Kier alpha value is -0.950. The minimum absolute atomic E-state index is 0.0674. The van der Waals surface area contributed by atoms with Crippen molar-refractivity contribution in [1.29, 1.82) is 0 Å². The Morgan fingerprint density at radius 3 is 2.67 bits per heavy atom. The van der Waals surface area contributed by atoms with E-state index in [0.29, 0.717) is 11.1 Å². The molecule has 1 aliphatic rings. The van der Waals surface area contributed by atoms with E-state index < -0.39 is 10.0 Å². The van der Waals surface area contributed by atoms with Crippen LogP contribution in [0, 0.1) is 13.8 Å². The number of methoxy groups -OCH3 is 1. The Labute approximate surface area is 126 Å². The first-order valence-corrected chi connectivity index (χ1v) is 8.63. The number of aliphatic hydroxyl groups is 1. The molecule has 0 bridgehead atoms. The number of hydrogen-bond donors (Lipinski definition) is 2. The molecule has 1 fully saturated rings. The molecular formula is C15H23NO4S. The number of benzene rings is 1. The summed E-state index contributed by atoms with van der Waals surface area (Å²) >= 11 is 0. The van der Waals surface area contributed by atoms with Gasteiger partial charge in [0.25, 0.3) is 0 Å². The monoisotopic (exact) mass is 313 g/mol. The molecule has 0 heterocycles. The first kappa shape index (κ1) is 16.4. The number of ether oxygens (including phenoxy) is 1. The Bertz CT molecular complexity index is 612. The number of hydrogen-bond acceptors (Lipinski definition) is 4. The molecule has 2 rings (SSSR count). The third-order valence-electron chi connectivity index (χ3n) is 4.21. The van der Waals surface area contributed by atoms with E-state index in [0.717, 1.165) is 24.8 Å². The lowest BCUT2D eigenvalue weighted by atomic mass is 10.1. The van der Waals surface area contributed by atoms with Crippen LogP contribution in [-0.4, -0.2) is 32.8 Å². The van der Waals surface area contributed by atoms with Gasteiger partial charge in [-0.2, -0.15) is 0 Å². The van der Waals surface area contributed by atoms with Gasteiger partial charge in [-0.25, -0.2) is 13.1 Å². The van der Waals surface area contributed by atoms with E-state index in [9.17, 15) is 13.5 Å². The molecule has 1 aromatic carbocycles. The number of aliphatic hydroxyl groups excluding tert-OH is 1. The van der Waals surface area contributed by atoms with Crippen molar-refractivity contribution in [2.75, 3.05) is 7.11 Å². The van der Waals surface area contributed by atoms with Crippen molar-refractivity contribution in [1.82, 2.24) is 4.72 Å². The van der Waals surface area contributed by atoms with E-state index in [1.807, 2.05) is 13.0 Å². The minimum atomic E-state index is -3.61. The van der Waals surface area contributed by atoms with Gasteiger partial charge in [-0.15, -0.1) is 0 Å². The third kappa shape index (κ3) is 3.45. The molecule has 0 saturated heterocycles. The summed E-state index contributed by atoms with van der Waals surface area (Å²) in [4.78, 5) is 0.244. The number of aryl methyl sites for hydroxylation is 1. The molecule has 1 saturated carbocycles. The Morgan fingerprint density at radius 1 is 1.33 bits per heavy atom. The van der Waals surface area contributed by atoms with Crippen LogP contribution in [0.25, 0.3) is 0 Å². The first-order chi connectivity index (χ1) is 9.89. The van der Waals surface area contributed by atoms with Gasteiger partial charge in [0.15, 0.2) is 0 Å². The van der Waals surface area contributed by atoms with Gasteiger partial charge in [0.1, 0.15) is 0 Å². The maximum Gasteiger partial charge on any atom is 0.241 e. The molecule has 0 amide bonds. The molecule has 1 aliphatic carbocycles. The molecule has 118 valence electrons. The minimum Gasteiger partial charge on any atom is -0.392 e. The van der Waals surface area contributed by atoms with Gasteiger partial charge in [0.2, 0.25) is 10.0 Å². The zero-order valence-corrected chi connectivity index (χ0v) is 13.5. The Kier molecular flexibility index (Phi) is 5.03. The van der Waals surface area contributed by atoms with E-state index >= 15 is 0 Å². The topological polar surface area (TPSA) is 75.6 Å². The summed E-state index contributed by atoms with van der Waals surface area (Å²) in [5.41, 5.74) is 2.18. The molecule has 0 aromatic heterocycles. The summed E-state index contributed by atoms with van der Waals surface area (Å²) in [6, 6.07) is 3.17. The van der Waals surface area contributed by atoms with Crippen LogP contribution in [0.1, 0.15) is 36.0 Å². The molecule has 6 heteroatoms. The van der Waals surface area contributed by atoms with Crippen molar-refractivity contribution in [3.8, 4) is 0 Å². The van der Waals surface area contributed by atoms with E-state index in [-0.39, 0.29) is 23.6 Å². The van der Waals surface area contributed by atoms with Crippen molar-refractivity contribution in [2.45, 2.75) is 56.8 Å². The fourth-order valence-electron chi connectivity index (χ4n) is 2.88. The zero-order valence-electron chi connectivity index (χ0n) is 12.7. The summed E-state index contributed by atoms with van der Waals surface area (Å²) in [7, 11) is -2.00. The molecule has 21 heavy (non-hydrogen) atoms. The highest BCUT2D eigenvalue weighted by Gasteiger charge is 2.32. The molecule has 0 aliphatic heterocycles.